The van der Waals surface area contributed by atoms with Gasteiger partial charge in [0, 0.05) is 18.7 Å². The number of carbonyl (C=O) groups is 4. The second-order valence-corrected chi connectivity index (χ2v) is 6.42. The molecule has 0 saturated heterocycles. The average Bonchev–Trinajstić information content (AvgIpc) is 2.79. The molecule has 2 aromatic carbocycles. The van der Waals surface area contributed by atoms with Crippen molar-refractivity contribution in [3.8, 4) is 0 Å². The normalized spacial score (nSPS) is 10.0. The molecule has 31 heavy (non-hydrogen) atoms. The number of benzene rings is 2. The second kappa shape index (κ2) is 12.0. The minimum Gasteiger partial charge on any atom is -0.465 e. The molecule has 0 aliphatic rings. The lowest BCUT2D eigenvalue weighted by molar-refractivity contribution is -0.116. The average molecular weight is 428 g/mol. The topological polar surface area (TPSA) is 120 Å². The monoisotopic (exact) mass is 428 g/mol. The summed E-state index contributed by atoms with van der Waals surface area (Å²) in [6.07, 6.45) is -0.0975. The van der Waals surface area contributed by atoms with Gasteiger partial charge in [-0.1, -0.05) is 30.3 Å². The molecular formula is C22H24N2O7. The predicted octanol–water partition coefficient (Wildman–Crippen LogP) is 2.90. The van der Waals surface area contributed by atoms with Crippen LogP contribution < -0.4 is 10.6 Å². The number of ether oxygens (including phenoxy) is 3. The second-order valence-electron chi connectivity index (χ2n) is 6.42. The van der Waals surface area contributed by atoms with E-state index in [1.807, 2.05) is 30.3 Å². The van der Waals surface area contributed by atoms with Crippen LogP contribution in [0, 0.1) is 0 Å². The quantitative estimate of drug-likeness (QED) is 0.358. The molecule has 0 unspecified atom stereocenters. The van der Waals surface area contributed by atoms with Crippen molar-refractivity contribution in [3.05, 3.63) is 65.2 Å². The Morgan fingerprint density at radius 2 is 1.48 bits per heavy atom. The van der Waals surface area contributed by atoms with Crippen LogP contribution in [0.3, 0.4) is 0 Å². The van der Waals surface area contributed by atoms with Crippen molar-refractivity contribution in [2.45, 2.75) is 19.4 Å². The number of rotatable bonds is 9. The van der Waals surface area contributed by atoms with Gasteiger partial charge in [-0.25, -0.2) is 14.4 Å². The molecule has 9 heteroatoms. The Balaban J connectivity index is 1.80. The summed E-state index contributed by atoms with van der Waals surface area (Å²) in [5.41, 5.74) is 1.33. The van der Waals surface area contributed by atoms with Gasteiger partial charge >= 0.3 is 18.0 Å². The molecule has 0 aromatic heterocycles. The molecule has 164 valence electrons. The van der Waals surface area contributed by atoms with Crippen molar-refractivity contribution in [2.75, 3.05) is 26.1 Å². The first-order valence-corrected chi connectivity index (χ1v) is 9.49. The highest BCUT2D eigenvalue weighted by Crippen LogP contribution is 2.17. The highest BCUT2D eigenvalue weighted by molar-refractivity contribution is 5.99. The molecule has 2 rings (SSSR count). The first kappa shape index (κ1) is 23.4. The molecule has 0 heterocycles. The number of methoxy groups -OCH3 is 2. The van der Waals surface area contributed by atoms with Crippen molar-refractivity contribution < 1.29 is 33.4 Å². The first-order valence-electron chi connectivity index (χ1n) is 9.49. The smallest absolute Gasteiger partial charge is 0.407 e. The summed E-state index contributed by atoms with van der Waals surface area (Å²) in [6, 6.07) is 13.4. The van der Waals surface area contributed by atoms with Gasteiger partial charge in [-0.05, 0) is 30.2 Å². The summed E-state index contributed by atoms with van der Waals surface area (Å²) in [5, 5.41) is 5.19. The maximum atomic E-state index is 12.2. The number of hydrogen-bond acceptors (Lipinski definition) is 7. The highest BCUT2D eigenvalue weighted by Gasteiger charge is 2.15. The molecule has 2 amide bonds. The lowest BCUT2D eigenvalue weighted by atomic mass is 10.1. The van der Waals surface area contributed by atoms with Gasteiger partial charge in [-0.15, -0.1) is 0 Å². The first-order chi connectivity index (χ1) is 14.9. The number of alkyl carbamates (subject to hydrolysis) is 1. The van der Waals surface area contributed by atoms with Crippen molar-refractivity contribution in [1.82, 2.24) is 5.32 Å². The third-order valence-electron chi connectivity index (χ3n) is 4.12. The molecule has 0 fully saturated rings. The van der Waals surface area contributed by atoms with E-state index in [0.717, 1.165) is 5.56 Å². The zero-order valence-corrected chi connectivity index (χ0v) is 17.3. The van der Waals surface area contributed by atoms with Crippen LogP contribution in [-0.4, -0.2) is 44.7 Å². The summed E-state index contributed by atoms with van der Waals surface area (Å²) in [7, 11) is 2.42. The number of carbonyl (C=O) groups excluding carboxylic acids is 4. The largest absolute Gasteiger partial charge is 0.465 e. The summed E-state index contributed by atoms with van der Waals surface area (Å²) in [5.74, 6) is -1.66. The minimum absolute atomic E-state index is 0.100. The van der Waals surface area contributed by atoms with E-state index < -0.39 is 18.0 Å². The number of amides is 2. The van der Waals surface area contributed by atoms with E-state index in [2.05, 4.69) is 20.1 Å². The molecule has 0 bridgehead atoms. The summed E-state index contributed by atoms with van der Waals surface area (Å²) in [4.78, 5) is 47.5. The van der Waals surface area contributed by atoms with Gasteiger partial charge in [0.2, 0.25) is 5.91 Å². The van der Waals surface area contributed by atoms with E-state index in [0.29, 0.717) is 6.42 Å². The van der Waals surface area contributed by atoms with E-state index in [9.17, 15) is 19.2 Å². The number of anilines is 1. The Labute approximate surface area is 179 Å². The van der Waals surface area contributed by atoms with Crippen LogP contribution in [0.5, 0.6) is 0 Å². The van der Waals surface area contributed by atoms with Gasteiger partial charge in [0.15, 0.2) is 0 Å². The summed E-state index contributed by atoms with van der Waals surface area (Å²) >= 11 is 0. The van der Waals surface area contributed by atoms with Crippen molar-refractivity contribution in [3.63, 3.8) is 0 Å². The summed E-state index contributed by atoms with van der Waals surface area (Å²) in [6.45, 7) is 0.406. The van der Waals surface area contributed by atoms with Gasteiger partial charge in [0.1, 0.15) is 6.61 Å². The van der Waals surface area contributed by atoms with Crippen LogP contribution in [0.2, 0.25) is 0 Å². The summed E-state index contributed by atoms with van der Waals surface area (Å²) < 4.78 is 14.4. The standard InChI is InChI=1S/C22H24N2O7/c1-29-20(26)16-11-17(21(27)30-2)13-18(12-16)24-19(25)9-6-10-23-22(28)31-14-15-7-4-3-5-8-15/h3-5,7-8,11-13H,6,9-10,14H2,1-2H3,(H,23,28)(H,24,25). The Kier molecular flexibility index (Phi) is 9.03. The predicted molar refractivity (Wildman–Crippen MR) is 112 cm³/mol. The highest BCUT2D eigenvalue weighted by atomic mass is 16.5. The van der Waals surface area contributed by atoms with Crippen molar-refractivity contribution in [1.29, 1.82) is 0 Å². The van der Waals surface area contributed by atoms with Crippen molar-refractivity contribution in [2.24, 2.45) is 0 Å². The molecule has 9 nitrogen and oxygen atoms in total. The number of esters is 2. The Bertz CT molecular complexity index is 894. The van der Waals surface area contributed by atoms with E-state index in [-0.39, 0.29) is 42.3 Å². The van der Waals surface area contributed by atoms with Crippen LogP contribution in [0.4, 0.5) is 10.5 Å². The molecule has 0 saturated carbocycles. The Hall–Kier alpha value is -3.88. The van der Waals surface area contributed by atoms with Gasteiger partial charge in [-0.2, -0.15) is 0 Å². The molecule has 0 aliphatic carbocycles. The van der Waals surface area contributed by atoms with E-state index in [1.165, 1.54) is 32.4 Å². The lowest BCUT2D eigenvalue weighted by Gasteiger charge is -2.10. The molecule has 0 aliphatic heterocycles. The fourth-order valence-electron chi connectivity index (χ4n) is 2.61. The van der Waals surface area contributed by atoms with Gasteiger partial charge < -0.3 is 24.8 Å². The van der Waals surface area contributed by atoms with Crippen LogP contribution in [0.25, 0.3) is 0 Å². The van der Waals surface area contributed by atoms with E-state index in [1.54, 1.807) is 0 Å². The van der Waals surface area contributed by atoms with Gasteiger partial charge in [-0.3, -0.25) is 4.79 Å². The van der Waals surface area contributed by atoms with Crippen molar-refractivity contribution >= 4 is 29.6 Å². The Morgan fingerprint density at radius 1 is 0.871 bits per heavy atom. The third kappa shape index (κ3) is 7.81. The Morgan fingerprint density at radius 3 is 2.06 bits per heavy atom. The maximum absolute atomic E-state index is 12.2. The number of nitrogens with one attached hydrogen (secondary N) is 2. The third-order valence-corrected chi connectivity index (χ3v) is 4.12. The van der Waals surface area contributed by atoms with Gasteiger partial charge in [0.25, 0.3) is 0 Å². The lowest BCUT2D eigenvalue weighted by Crippen LogP contribution is -2.26. The molecule has 0 atom stereocenters. The molecule has 0 spiro atoms. The van der Waals surface area contributed by atoms with Crippen LogP contribution in [-0.2, 0) is 25.6 Å². The van der Waals surface area contributed by atoms with E-state index >= 15 is 0 Å². The van der Waals surface area contributed by atoms with E-state index in [4.69, 9.17) is 4.74 Å². The maximum Gasteiger partial charge on any atom is 0.407 e. The molecule has 0 radical (unpaired) electrons. The van der Waals surface area contributed by atoms with Crippen LogP contribution in [0.1, 0.15) is 39.1 Å². The minimum atomic E-state index is -0.653. The van der Waals surface area contributed by atoms with Crippen LogP contribution >= 0.6 is 0 Å². The molecule has 2 N–H and O–H groups in total. The fraction of sp³-hybridized carbons (Fsp3) is 0.273. The zero-order chi connectivity index (χ0) is 22.6. The fourth-order valence-corrected chi connectivity index (χ4v) is 2.61. The van der Waals surface area contributed by atoms with Gasteiger partial charge in [0.05, 0.1) is 25.3 Å². The SMILES string of the molecule is COC(=O)c1cc(NC(=O)CCCNC(=O)OCc2ccccc2)cc(C(=O)OC)c1. The molecule has 2 aromatic rings. The molecular weight excluding hydrogens is 404 g/mol. The zero-order valence-electron chi connectivity index (χ0n) is 17.3. The number of hydrogen-bond donors (Lipinski definition) is 2. The van der Waals surface area contributed by atoms with Crippen LogP contribution in [0.15, 0.2) is 48.5 Å².